The molecule has 0 spiro atoms. The van der Waals surface area contributed by atoms with E-state index >= 15 is 0 Å². The Balaban J connectivity index is 1.21. The Morgan fingerprint density at radius 1 is 0.333 bits per heavy atom. The Morgan fingerprint density at radius 2 is 0.958 bits per heavy atom. The number of fused-ring (bicyclic) bond motifs is 8. The third kappa shape index (κ3) is 4.00. The van der Waals surface area contributed by atoms with Crippen LogP contribution in [0.1, 0.15) is 0 Å². The van der Waals surface area contributed by atoms with Crippen LogP contribution in [0.2, 0.25) is 0 Å². The summed E-state index contributed by atoms with van der Waals surface area (Å²) in [5.41, 5.74) is 12.4. The van der Waals surface area contributed by atoms with Crippen LogP contribution < -0.4 is 0 Å². The summed E-state index contributed by atoms with van der Waals surface area (Å²) in [5.74, 6) is 0. The lowest BCUT2D eigenvalue weighted by Gasteiger charge is -2.17. The topological polar surface area (TPSA) is 18.1 Å². The maximum absolute atomic E-state index is 6.80. The number of hydrogen-bond donors (Lipinski definition) is 0. The van der Waals surface area contributed by atoms with Gasteiger partial charge in [-0.1, -0.05) is 146 Å². The number of furan rings is 1. The van der Waals surface area contributed by atoms with Crippen molar-refractivity contribution in [3.63, 3.8) is 0 Å². The summed E-state index contributed by atoms with van der Waals surface area (Å²) in [7, 11) is 0. The van der Waals surface area contributed by atoms with E-state index in [1.165, 1.54) is 43.9 Å². The molecule has 10 aromatic rings. The molecular weight excluding hydrogens is 583 g/mol. The van der Waals surface area contributed by atoms with E-state index in [4.69, 9.17) is 4.42 Å². The standard InChI is InChI=1S/C46H29NO/c1-2-13-30(14-3-1)32-26-28-44-41(29-32)37-20-9-11-24-43(37)47(44)42-23-10-8-19-36(42)34-17-6-7-18-35(34)38-21-12-22-39-40-27-25-31-15-4-5-16-33(31)45(40)48-46(38)39/h1-29H. The molecular formula is C46H29NO. The fourth-order valence-corrected chi connectivity index (χ4v) is 7.63. The van der Waals surface area contributed by atoms with Crippen molar-refractivity contribution in [3.05, 3.63) is 176 Å². The van der Waals surface area contributed by atoms with Crippen molar-refractivity contribution < 1.29 is 4.42 Å². The summed E-state index contributed by atoms with van der Waals surface area (Å²) in [6.07, 6.45) is 0. The van der Waals surface area contributed by atoms with Crippen LogP contribution in [-0.4, -0.2) is 4.57 Å². The predicted molar refractivity (Wildman–Crippen MR) is 202 cm³/mol. The van der Waals surface area contributed by atoms with Crippen LogP contribution in [-0.2, 0) is 0 Å². The number of para-hydroxylation sites is 3. The monoisotopic (exact) mass is 611 g/mol. The maximum atomic E-state index is 6.80. The van der Waals surface area contributed by atoms with E-state index in [0.29, 0.717) is 0 Å². The zero-order valence-corrected chi connectivity index (χ0v) is 26.1. The highest BCUT2D eigenvalue weighted by Crippen LogP contribution is 2.44. The molecule has 224 valence electrons. The second-order valence-electron chi connectivity index (χ2n) is 12.5. The molecule has 0 atom stereocenters. The van der Waals surface area contributed by atoms with Gasteiger partial charge in [0.05, 0.1) is 16.7 Å². The third-order valence-corrected chi connectivity index (χ3v) is 9.82. The molecule has 48 heavy (non-hydrogen) atoms. The van der Waals surface area contributed by atoms with Crippen molar-refractivity contribution in [2.45, 2.75) is 0 Å². The van der Waals surface area contributed by atoms with Gasteiger partial charge in [-0.3, -0.25) is 0 Å². The molecule has 0 saturated carbocycles. The molecule has 0 fully saturated rings. The molecule has 0 amide bonds. The van der Waals surface area contributed by atoms with Crippen molar-refractivity contribution in [1.82, 2.24) is 4.57 Å². The van der Waals surface area contributed by atoms with Crippen molar-refractivity contribution in [1.29, 1.82) is 0 Å². The Morgan fingerprint density at radius 3 is 1.83 bits per heavy atom. The molecule has 2 heterocycles. The molecule has 0 N–H and O–H groups in total. The molecule has 10 rings (SSSR count). The zero-order valence-electron chi connectivity index (χ0n) is 26.1. The lowest BCUT2D eigenvalue weighted by Crippen LogP contribution is -1.98. The molecule has 0 aliphatic heterocycles. The van der Waals surface area contributed by atoms with E-state index in [1.54, 1.807) is 0 Å². The first-order chi connectivity index (χ1) is 23.8. The predicted octanol–water partition coefficient (Wildman–Crippen LogP) is 12.8. The van der Waals surface area contributed by atoms with Crippen LogP contribution in [0.15, 0.2) is 180 Å². The van der Waals surface area contributed by atoms with E-state index in [9.17, 15) is 0 Å². The van der Waals surface area contributed by atoms with Crippen LogP contribution in [0, 0.1) is 0 Å². The molecule has 0 unspecified atom stereocenters. The fraction of sp³-hybridized carbons (Fsp3) is 0. The van der Waals surface area contributed by atoms with E-state index in [0.717, 1.165) is 49.7 Å². The number of nitrogens with zero attached hydrogens (tertiary/aromatic N) is 1. The highest BCUT2D eigenvalue weighted by atomic mass is 16.3. The minimum absolute atomic E-state index is 0.916. The van der Waals surface area contributed by atoms with Gasteiger partial charge in [0.15, 0.2) is 0 Å². The largest absolute Gasteiger partial charge is 0.455 e. The SMILES string of the molecule is c1ccc(-c2ccc3c(c2)c2ccccc2n3-c2ccccc2-c2ccccc2-c2cccc3c2oc2c4ccccc4ccc32)cc1. The van der Waals surface area contributed by atoms with E-state index in [1.807, 2.05) is 0 Å². The molecule has 0 aliphatic rings. The van der Waals surface area contributed by atoms with Crippen molar-refractivity contribution in [2.75, 3.05) is 0 Å². The lowest BCUT2D eigenvalue weighted by molar-refractivity contribution is 0.674. The van der Waals surface area contributed by atoms with Gasteiger partial charge in [-0.15, -0.1) is 0 Å². The van der Waals surface area contributed by atoms with E-state index < -0.39 is 0 Å². The van der Waals surface area contributed by atoms with E-state index in [2.05, 4.69) is 180 Å². The van der Waals surface area contributed by atoms with Crippen LogP contribution >= 0.6 is 0 Å². The van der Waals surface area contributed by atoms with Gasteiger partial charge in [0.1, 0.15) is 11.2 Å². The van der Waals surface area contributed by atoms with Gasteiger partial charge in [-0.25, -0.2) is 0 Å². The molecule has 2 heteroatoms. The highest BCUT2D eigenvalue weighted by Gasteiger charge is 2.20. The molecule has 0 radical (unpaired) electrons. The third-order valence-electron chi connectivity index (χ3n) is 9.82. The van der Waals surface area contributed by atoms with Gasteiger partial charge in [0, 0.05) is 38.1 Å². The molecule has 2 nitrogen and oxygen atoms in total. The normalized spacial score (nSPS) is 11.8. The molecule has 0 aliphatic carbocycles. The summed E-state index contributed by atoms with van der Waals surface area (Å²) in [6, 6.07) is 63.1. The van der Waals surface area contributed by atoms with Gasteiger partial charge in [0.25, 0.3) is 0 Å². The second kappa shape index (κ2) is 10.6. The second-order valence-corrected chi connectivity index (χ2v) is 12.5. The number of rotatable bonds is 4. The van der Waals surface area contributed by atoms with Crippen molar-refractivity contribution in [2.24, 2.45) is 0 Å². The molecule has 0 saturated heterocycles. The fourth-order valence-electron chi connectivity index (χ4n) is 7.63. The zero-order chi connectivity index (χ0) is 31.6. The minimum Gasteiger partial charge on any atom is -0.455 e. The van der Waals surface area contributed by atoms with Gasteiger partial charge in [0.2, 0.25) is 0 Å². The average Bonchev–Trinajstić information content (AvgIpc) is 3.71. The average molecular weight is 612 g/mol. The number of aromatic nitrogens is 1. The summed E-state index contributed by atoms with van der Waals surface area (Å²) >= 11 is 0. The number of benzene rings is 8. The van der Waals surface area contributed by atoms with Gasteiger partial charge in [-0.05, 0) is 58.0 Å². The van der Waals surface area contributed by atoms with Gasteiger partial charge in [-0.2, -0.15) is 0 Å². The van der Waals surface area contributed by atoms with Crippen LogP contribution in [0.25, 0.3) is 93.6 Å². The van der Waals surface area contributed by atoms with Crippen LogP contribution in [0.3, 0.4) is 0 Å². The van der Waals surface area contributed by atoms with Crippen molar-refractivity contribution in [3.8, 4) is 39.1 Å². The first-order valence-electron chi connectivity index (χ1n) is 16.4. The van der Waals surface area contributed by atoms with Gasteiger partial charge < -0.3 is 8.98 Å². The Bertz CT molecular complexity index is 2840. The smallest absolute Gasteiger partial charge is 0.143 e. The summed E-state index contributed by atoms with van der Waals surface area (Å²) in [5, 5.41) is 7.08. The first-order valence-corrected chi connectivity index (χ1v) is 16.4. The Hall–Kier alpha value is -6.38. The molecule has 2 aromatic heterocycles. The summed E-state index contributed by atoms with van der Waals surface area (Å²) < 4.78 is 9.23. The quantitative estimate of drug-likeness (QED) is 0.194. The summed E-state index contributed by atoms with van der Waals surface area (Å²) in [6.45, 7) is 0. The Labute approximate surface area is 277 Å². The number of hydrogen-bond acceptors (Lipinski definition) is 1. The van der Waals surface area contributed by atoms with Gasteiger partial charge >= 0.3 is 0 Å². The van der Waals surface area contributed by atoms with Crippen LogP contribution in [0.5, 0.6) is 0 Å². The Kier molecular flexibility index (Phi) is 5.91. The van der Waals surface area contributed by atoms with Crippen LogP contribution in [0.4, 0.5) is 0 Å². The molecule has 8 aromatic carbocycles. The first kappa shape index (κ1) is 26.8. The lowest BCUT2D eigenvalue weighted by atomic mass is 9.92. The van der Waals surface area contributed by atoms with Crippen molar-refractivity contribution >= 4 is 54.5 Å². The highest BCUT2D eigenvalue weighted by molar-refractivity contribution is 6.18. The minimum atomic E-state index is 0.916. The molecule has 0 bridgehead atoms. The maximum Gasteiger partial charge on any atom is 0.143 e. The summed E-state index contributed by atoms with van der Waals surface area (Å²) in [4.78, 5) is 0. The van der Waals surface area contributed by atoms with E-state index in [-0.39, 0.29) is 0 Å².